The normalized spacial score (nSPS) is 24.6. The van der Waals surface area contributed by atoms with Crippen LogP contribution < -0.4 is 10.6 Å². The zero-order valence-electron chi connectivity index (χ0n) is 11.4. The van der Waals surface area contributed by atoms with Gasteiger partial charge in [-0.05, 0) is 38.4 Å². The number of benzene rings is 1. The molecule has 4 nitrogen and oxygen atoms in total. The Balaban J connectivity index is 1.72. The van der Waals surface area contributed by atoms with Crippen LogP contribution in [-0.2, 0) is 0 Å². The molecule has 19 heavy (non-hydrogen) atoms. The van der Waals surface area contributed by atoms with Crippen molar-refractivity contribution in [3.8, 4) is 0 Å². The lowest BCUT2D eigenvalue weighted by Crippen LogP contribution is -2.44. The van der Waals surface area contributed by atoms with E-state index in [0.717, 1.165) is 32.5 Å². The van der Waals surface area contributed by atoms with Crippen molar-refractivity contribution in [2.75, 3.05) is 19.6 Å². The van der Waals surface area contributed by atoms with Crippen molar-refractivity contribution in [3.63, 3.8) is 0 Å². The van der Waals surface area contributed by atoms with Gasteiger partial charge in [0.05, 0.1) is 6.04 Å². The van der Waals surface area contributed by atoms with E-state index in [4.69, 9.17) is 0 Å². The topological polar surface area (TPSA) is 44.4 Å². The summed E-state index contributed by atoms with van der Waals surface area (Å²) in [5, 5.41) is 6.46. The molecule has 1 unspecified atom stereocenters. The molecule has 1 atom stereocenters. The third kappa shape index (κ3) is 2.59. The van der Waals surface area contributed by atoms with Crippen LogP contribution in [0.1, 0.15) is 30.0 Å². The van der Waals surface area contributed by atoms with Gasteiger partial charge in [-0.25, -0.2) is 4.79 Å². The average Bonchev–Trinajstić information content (AvgIpc) is 2.82. The van der Waals surface area contributed by atoms with E-state index in [1.165, 1.54) is 11.1 Å². The Morgan fingerprint density at radius 2 is 2.05 bits per heavy atom. The maximum Gasteiger partial charge on any atom is 0.318 e. The van der Waals surface area contributed by atoms with Gasteiger partial charge in [0.25, 0.3) is 0 Å². The fourth-order valence-corrected chi connectivity index (χ4v) is 3.07. The van der Waals surface area contributed by atoms with Gasteiger partial charge < -0.3 is 15.5 Å². The van der Waals surface area contributed by atoms with Crippen LogP contribution in [0.25, 0.3) is 0 Å². The molecule has 4 heteroatoms. The van der Waals surface area contributed by atoms with Gasteiger partial charge in [-0.2, -0.15) is 0 Å². The van der Waals surface area contributed by atoms with E-state index in [1.54, 1.807) is 0 Å². The standard InChI is InChI=1S/C15H21N3O/c1-11-3-2-4-12(9-11)14-10-18(15(19)17-14)13-5-7-16-8-6-13/h2-4,9,13-14,16H,5-8,10H2,1H3,(H,17,19). The Bertz CT molecular complexity index is 468. The second kappa shape index (κ2) is 5.21. The van der Waals surface area contributed by atoms with Gasteiger partial charge >= 0.3 is 6.03 Å². The first kappa shape index (κ1) is 12.5. The van der Waals surface area contributed by atoms with Gasteiger partial charge in [0.2, 0.25) is 0 Å². The highest BCUT2D eigenvalue weighted by atomic mass is 16.2. The van der Waals surface area contributed by atoms with Crippen molar-refractivity contribution in [3.05, 3.63) is 35.4 Å². The third-order valence-electron chi connectivity index (χ3n) is 4.13. The van der Waals surface area contributed by atoms with Gasteiger partial charge in [0, 0.05) is 12.6 Å². The predicted molar refractivity (Wildman–Crippen MR) is 75.0 cm³/mol. The molecular weight excluding hydrogens is 238 g/mol. The number of carbonyl (C=O) groups is 1. The molecule has 2 fully saturated rings. The first-order chi connectivity index (χ1) is 9.24. The molecule has 1 aromatic carbocycles. The second-order valence-electron chi connectivity index (χ2n) is 5.55. The summed E-state index contributed by atoms with van der Waals surface area (Å²) in [6.07, 6.45) is 2.13. The summed E-state index contributed by atoms with van der Waals surface area (Å²) >= 11 is 0. The fourth-order valence-electron chi connectivity index (χ4n) is 3.07. The van der Waals surface area contributed by atoms with E-state index in [-0.39, 0.29) is 12.1 Å². The van der Waals surface area contributed by atoms with Crippen molar-refractivity contribution in [2.24, 2.45) is 0 Å². The number of amides is 2. The van der Waals surface area contributed by atoms with Crippen molar-refractivity contribution >= 4 is 6.03 Å². The van der Waals surface area contributed by atoms with Crippen molar-refractivity contribution in [2.45, 2.75) is 31.8 Å². The summed E-state index contributed by atoms with van der Waals surface area (Å²) in [6.45, 7) is 4.92. The number of nitrogens with one attached hydrogen (secondary N) is 2. The van der Waals surface area contributed by atoms with E-state index in [1.807, 2.05) is 4.90 Å². The predicted octanol–water partition coefficient (Wildman–Crippen LogP) is 1.81. The van der Waals surface area contributed by atoms with E-state index >= 15 is 0 Å². The van der Waals surface area contributed by atoms with Crippen LogP contribution in [0.4, 0.5) is 4.79 Å². The van der Waals surface area contributed by atoms with Crippen LogP contribution in [0.2, 0.25) is 0 Å². The fraction of sp³-hybridized carbons (Fsp3) is 0.533. The molecule has 3 rings (SSSR count). The van der Waals surface area contributed by atoms with Crippen LogP contribution in [0, 0.1) is 6.92 Å². The molecule has 0 saturated carbocycles. The molecule has 2 amide bonds. The zero-order valence-corrected chi connectivity index (χ0v) is 11.4. The van der Waals surface area contributed by atoms with Crippen LogP contribution >= 0.6 is 0 Å². The van der Waals surface area contributed by atoms with Crippen LogP contribution in [0.3, 0.4) is 0 Å². The summed E-state index contributed by atoms with van der Waals surface area (Å²) in [7, 11) is 0. The highest BCUT2D eigenvalue weighted by Gasteiger charge is 2.34. The van der Waals surface area contributed by atoms with Gasteiger partial charge in [-0.15, -0.1) is 0 Å². The summed E-state index contributed by atoms with van der Waals surface area (Å²) in [5.74, 6) is 0. The maximum atomic E-state index is 12.1. The molecule has 0 aromatic heterocycles. The van der Waals surface area contributed by atoms with E-state index < -0.39 is 0 Å². The van der Waals surface area contributed by atoms with Crippen LogP contribution in [-0.4, -0.2) is 36.6 Å². The first-order valence-corrected chi connectivity index (χ1v) is 7.08. The SMILES string of the molecule is Cc1cccc(C2CN(C3CCNCC3)C(=O)N2)c1. The lowest BCUT2D eigenvalue weighted by molar-refractivity contribution is 0.182. The monoisotopic (exact) mass is 259 g/mol. The number of carbonyl (C=O) groups excluding carboxylic acids is 1. The molecule has 0 radical (unpaired) electrons. The number of piperidine rings is 1. The highest BCUT2D eigenvalue weighted by Crippen LogP contribution is 2.25. The Morgan fingerprint density at radius 3 is 2.79 bits per heavy atom. The zero-order chi connectivity index (χ0) is 13.2. The molecule has 0 spiro atoms. The number of nitrogens with zero attached hydrogens (tertiary/aromatic N) is 1. The molecule has 2 N–H and O–H groups in total. The first-order valence-electron chi connectivity index (χ1n) is 7.08. The molecule has 2 heterocycles. The van der Waals surface area contributed by atoms with E-state index in [9.17, 15) is 4.79 Å². The lowest BCUT2D eigenvalue weighted by Gasteiger charge is -2.30. The Morgan fingerprint density at radius 1 is 1.26 bits per heavy atom. The summed E-state index contributed by atoms with van der Waals surface area (Å²) in [4.78, 5) is 14.2. The Hall–Kier alpha value is -1.55. The van der Waals surface area contributed by atoms with Crippen molar-refractivity contribution in [1.82, 2.24) is 15.5 Å². The van der Waals surface area contributed by atoms with Gasteiger partial charge in [0.1, 0.15) is 0 Å². The Labute approximate surface area is 114 Å². The molecule has 2 saturated heterocycles. The molecule has 0 bridgehead atoms. The quantitative estimate of drug-likeness (QED) is 0.851. The molecular formula is C15H21N3O. The number of rotatable bonds is 2. The number of aryl methyl sites for hydroxylation is 1. The third-order valence-corrected chi connectivity index (χ3v) is 4.13. The molecule has 102 valence electrons. The van der Waals surface area contributed by atoms with E-state index in [0.29, 0.717) is 6.04 Å². The minimum atomic E-state index is 0.0957. The molecule has 2 aliphatic heterocycles. The summed E-state index contributed by atoms with van der Waals surface area (Å²) < 4.78 is 0. The summed E-state index contributed by atoms with van der Waals surface area (Å²) in [6, 6.07) is 9.05. The van der Waals surface area contributed by atoms with Crippen LogP contribution in [0.15, 0.2) is 24.3 Å². The van der Waals surface area contributed by atoms with Crippen molar-refractivity contribution < 1.29 is 4.79 Å². The van der Waals surface area contributed by atoms with Crippen molar-refractivity contribution in [1.29, 1.82) is 0 Å². The van der Waals surface area contributed by atoms with Gasteiger partial charge in [-0.3, -0.25) is 0 Å². The number of hydrogen-bond donors (Lipinski definition) is 2. The number of hydrogen-bond acceptors (Lipinski definition) is 2. The smallest absolute Gasteiger partial charge is 0.318 e. The second-order valence-corrected chi connectivity index (χ2v) is 5.55. The van der Waals surface area contributed by atoms with E-state index in [2.05, 4.69) is 41.8 Å². The minimum Gasteiger partial charge on any atom is -0.329 e. The lowest BCUT2D eigenvalue weighted by atomic mass is 10.0. The molecule has 1 aromatic rings. The molecule has 2 aliphatic rings. The van der Waals surface area contributed by atoms with Gasteiger partial charge in [-0.1, -0.05) is 29.8 Å². The largest absolute Gasteiger partial charge is 0.329 e. The Kier molecular flexibility index (Phi) is 3.42. The molecule has 0 aliphatic carbocycles. The number of urea groups is 1. The maximum absolute atomic E-state index is 12.1. The average molecular weight is 259 g/mol. The summed E-state index contributed by atoms with van der Waals surface area (Å²) in [5.41, 5.74) is 2.46. The highest BCUT2D eigenvalue weighted by molar-refractivity contribution is 5.77. The minimum absolute atomic E-state index is 0.0957. The van der Waals surface area contributed by atoms with Gasteiger partial charge in [0.15, 0.2) is 0 Å². The van der Waals surface area contributed by atoms with Crippen LogP contribution in [0.5, 0.6) is 0 Å².